The van der Waals surface area contributed by atoms with Crippen molar-refractivity contribution in [2.24, 2.45) is 4.99 Å². The summed E-state index contributed by atoms with van der Waals surface area (Å²) in [5, 5.41) is 3.83. The van der Waals surface area contributed by atoms with Crippen LogP contribution >= 0.6 is 22.9 Å². The van der Waals surface area contributed by atoms with Gasteiger partial charge in [0, 0.05) is 0 Å². The first-order valence-corrected chi connectivity index (χ1v) is 9.33. The van der Waals surface area contributed by atoms with Gasteiger partial charge in [-0.2, -0.15) is 4.99 Å². The number of methoxy groups -OCH3 is 1. The number of thiazole rings is 1. The van der Waals surface area contributed by atoms with Gasteiger partial charge < -0.3 is 14.0 Å². The summed E-state index contributed by atoms with van der Waals surface area (Å²) in [5.41, 5.74) is 1.30. The molecule has 0 fully saturated rings. The minimum Gasteiger partial charge on any atom is -0.497 e. The highest BCUT2D eigenvalue weighted by atomic mass is 32.1. The number of rotatable bonds is 5. The van der Waals surface area contributed by atoms with Crippen LogP contribution < -0.4 is 9.54 Å². The molecule has 0 aliphatic rings. The minimum atomic E-state index is -0.436. The van der Waals surface area contributed by atoms with Gasteiger partial charge in [-0.3, -0.25) is 9.59 Å². The van der Waals surface area contributed by atoms with E-state index in [9.17, 15) is 9.59 Å². The first kappa shape index (κ1) is 18.2. The molecule has 1 amide bonds. The molecule has 26 heavy (non-hydrogen) atoms. The van der Waals surface area contributed by atoms with E-state index in [1.54, 1.807) is 31.6 Å². The fraction of sp³-hybridized carbons (Fsp3) is 0.312. The molecule has 3 aromatic rings. The van der Waals surface area contributed by atoms with E-state index in [1.165, 1.54) is 11.3 Å². The van der Waals surface area contributed by atoms with Crippen LogP contribution in [-0.2, 0) is 16.1 Å². The second-order valence-electron chi connectivity index (χ2n) is 5.21. The van der Waals surface area contributed by atoms with E-state index < -0.39 is 11.9 Å². The maximum atomic E-state index is 12.5. The van der Waals surface area contributed by atoms with Crippen LogP contribution in [0.1, 0.15) is 22.3 Å². The van der Waals surface area contributed by atoms with Crippen LogP contribution in [0.3, 0.4) is 0 Å². The van der Waals surface area contributed by atoms with Gasteiger partial charge in [-0.1, -0.05) is 15.8 Å². The number of ether oxygens (including phenoxy) is 2. The highest BCUT2D eigenvalue weighted by molar-refractivity contribution is 7.16. The Balaban J connectivity index is 2.12. The fourth-order valence-electron chi connectivity index (χ4n) is 2.32. The third-order valence-corrected chi connectivity index (χ3v) is 5.38. The van der Waals surface area contributed by atoms with Crippen molar-refractivity contribution >= 4 is 45.0 Å². The van der Waals surface area contributed by atoms with Gasteiger partial charge in [-0.15, -0.1) is 5.10 Å². The van der Waals surface area contributed by atoms with E-state index in [1.807, 2.05) is 12.1 Å². The number of fused-ring (bicyclic) bond motifs is 1. The number of esters is 1. The second kappa shape index (κ2) is 7.75. The number of carbonyl (C=O) groups excluding carboxylic acids is 2. The molecule has 8 nitrogen and oxygen atoms in total. The lowest BCUT2D eigenvalue weighted by Gasteiger charge is -2.05. The molecular formula is C16H16N4O4S2. The smallest absolute Gasteiger partial charge is 0.326 e. The summed E-state index contributed by atoms with van der Waals surface area (Å²) in [5.74, 6) is -0.149. The number of benzene rings is 1. The van der Waals surface area contributed by atoms with Crippen LogP contribution in [0.4, 0.5) is 0 Å². The van der Waals surface area contributed by atoms with Crippen LogP contribution in [0.5, 0.6) is 5.75 Å². The molecule has 10 heteroatoms. The molecule has 0 bridgehead atoms. The maximum Gasteiger partial charge on any atom is 0.326 e. The monoisotopic (exact) mass is 392 g/mol. The molecular weight excluding hydrogens is 376 g/mol. The Kier molecular flexibility index (Phi) is 5.43. The van der Waals surface area contributed by atoms with E-state index >= 15 is 0 Å². The number of aromatic nitrogens is 3. The average molecular weight is 392 g/mol. The van der Waals surface area contributed by atoms with Gasteiger partial charge >= 0.3 is 5.97 Å². The molecule has 0 spiro atoms. The average Bonchev–Trinajstić information content (AvgIpc) is 3.18. The van der Waals surface area contributed by atoms with Crippen LogP contribution in [0.15, 0.2) is 23.2 Å². The molecule has 0 atom stereocenters. The minimum absolute atomic E-state index is 0.0355. The zero-order chi connectivity index (χ0) is 18.7. The Morgan fingerprint density at radius 1 is 1.35 bits per heavy atom. The van der Waals surface area contributed by atoms with Crippen LogP contribution in [0.2, 0.25) is 0 Å². The van der Waals surface area contributed by atoms with Crippen molar-refractivity contribution in [3.05, 3.63) is 33.6 Å². The molecule has 0 unspecified atom stereocenters. The van der Waals surface area contributed by atoms with Crippen molar-refractivity contribution in [3.63, 3.8) is 0 Å². The Morgan fingerprint density at radius 3 is 2.81 bits per heavy atom. The van der Waals surface area contributed by atoms with E-state index in [0.29, 0.717) is 21.1 Å². The lowest BCUT2D eigenvalue weighted by Crippen LogP contribution is -2.23. The number of hydrogen-bond acceptors (Lipinski definition) is 8. The highest BCUT2D eigenvalue weighted by Gasteiger charge is 2.16. The number of nitrogens with zero attached hydrogens (tertiary/aromatic N) is 4. The zero-order valence-corrected chi connectivity index (χ0v) is 16.0. The number of amides is 1. The van der Waals surface area contributed by atoms with E-state index in [2.05, 4.69) is 14.6 Å². The molecule has 0 N–H and O–H groups in total. The predicted molar refractivity (Wildman–Crippen MR) is 97.5 cm³/mol. The fourth-order valence-corrected chi connectivity index (χ4v) is 3.92. The Labute approximate surface area is 156 Å². The van der Waals surface area contributed by atoms with Crippen LogP contribution in [0.25, 0.3) is 10.2 Å². The van der Waals surface area contributed by atoms with Gasteiger partial charge in [0.1, 0.15) is 17.2 Å². The topological polar surface area (TPSA) is 95.7 Å². The van der Waals surface area contributed by atoms with Crippen molar-refractivity contribution in [3.8, 4) is 5.75 Å². The van der Waals surface area contributed by atoms with Gasteiger partial charge in [-0.05, 0) is 43.6 Å². The largest absolute Gasteiger partial charge is 0.497 e. The molecule has 2 heterocycles. The number of hydrogen-bond donors (Lipinski definition) is 0. The summed E-state index contributed by atoms with van der Waals surface area (Å²) >= 11 is 2.29. The summed E-state index contributed by atoms with van der Waals surface area (Å²) in [7, 11) is 1.58. The Hall–Kier alpha value is -2.59. The lowest BCUT2D eigenvalue weighted by atomic mass is 10.3. The lowest BCUT2D eigenvalue weighted by molar-refractivity contribution is -0.143. The van der Waals surface area contributed by atoms with Gasteiger partial charge in [-0.25, -0.2) is 0 Å². The second-order valence-corrected chi connectivity index (χ2v) is 6.98. The standard InChI is InChI=1S/C16H16N4O4S2/c1-4-24-13(21)8-20-11-6-5-10(23-3)7-12(11)25-16(20)17-15(22)14-9(2)18-19-26-14/h5-7H,4,8H2,1-3H3. The normalized spacial score (nSPS) is 11.7. The molecule has 0 radical (unpaired) electrons. The van der Waals surface area contributed by atoms with E-state index in [0.717, 1.165) is 21.7 Å². The van der Waals surface area contributed by atoms with Gasteiger partial charge in [0.05, 0.1) is 29.6 Å². The molecule has 0 aliphatic heterocycles. The molecule has 1 aromatic carbocycles. The molecule has 0 saturated heterocycles. The van der Waals surface area contributed by atoms with Crippen molar-refractivity contribution in [1.82, 2.24) is 14.2 Å². The Bertz CT molecular complexity index is 1030. The molecule has 3 rings (SSSR count). The SMILES string of the molecule is CCOC(=O)Cn1c(=NC(=O)c2snnc2C)sc2cc(OC)ccc21. The number of carbonyl (C=O) groups is 2. The maximum absolute atomic E-state index is 12.5. The van der Waals surface area contributed by atoms with E-state index in [-0.39, 0.29) is 13.2 Å². The summed E-state index contributed by atoms with van der Waals surface area (Å²) in [6.07, 6.45) is 0. The van der Waals surface area contributed by atoms with Gasteiger partial charge in [0.15, 0.2) is 4.80 Å². The van der Waals surface area contributed by atoms with Gasteiger partial charge in [0.25, 0.3) is 5.91 Å². The van der Waals surface area contributed by atoms with Crippen molar-refractivity contribution < 1.29 is 19.1 Å². The third-order valence-electron chi connectivity index (χ3n) is 3.53. The highest BCUT2D eigenvalue weighted by Crippen LogP contribution is 2.23. The molecule has 0 aliphatic carbocycles. The van der Waals surface area contributed by atoms with Crippen molar-refractivity contribution in [1.29, 1.82) is 0 Å². The predicted octanol–water partition coefficient (Wildman–Crippen LogP) is 2.18. The molecule has 136 valence electrons. The summed E-state index contributed by atoms with van der Waals surface area (Å²) in [6, 6.07) is 5.46. The summed E-state index contributed by atoms with van der Waals surface area (Å²) < 4.78 is 16.6. The quantitative estimate of drug-likeness (QED) is 0.618. The number of aryl methyl sites for hydroxylation is 1. The van der Waals surface area contributed by atoms with Crippen molar-refractivity contribution in [2.75, 3.05) is 13.7 Å². The summed E-state index contributed by atoms with van der Waals surface area (Å²) in [4.78, 5) is 29.4. The van der Waals surface area contributed by atoms with Crippen molar-refractivity contribution in [2.45, 2.75) is 20.4 Å². The van der Waals surface area contributed by atoms with Gasteiger partial charge in [0.2, 0.25) is 0 Å². The summed E-state index contributed by atoms with van der Waals surface area (Å²) in [6.45, 7) is 3.70. The zero-order valence-electron chi connectivity index (χ0n) is 14.4. The third kappa shape index (κ3) is 3.65. The first-order valence-electron chi connectivity index (χ1n) is 7.74. The molecule has 0 saturated carbocycles. The van der Waals surface area contributed by atoms with E-state index in [4.69, 9.17) is 9.47 Å². The first-order chi connectivity index (χ1) is 12.5. The molecule has 2 aromatic heterocycles. The Morgan fingerprint density at radius 2 is 2.15 bits per heavy atom. The van der Waals surface area contributed by atoms with Crippen LogP contribution in [-0.4, -0.2) is 39.7 Å². The van der Waals surface area contributed by atoms with Crippen LogP contribution in [0, 0.1) is 6.92 Å².